The molecule has 0 unspecified atom stereocenters. The van der Waals surface area contributed by atoms with Crippen LogP contribution in [-0.4, -0.2) is 23.5 Å². The molecule has 9 heteroatoms. The van der Waals surface area contributed by atoms with Gasteiger partial charge in [-0.2, -0.15) is 0 Å². The van der Waals surface area contributed by atoms with Gasteiger partial charge < -0.3 is 9.47 Å². The molecule has 2 aromatic rings. The van der Waals surface area contributed by atoms with Gasteiger partial charge in [0.05, 0.1) is 22.2 Å². The average Bonchev–Trinajstić information content (AvgIpc) is 3.20. The quantitative estimate of drug-likeness (QED) is 0.390. The molecule has 0 aromatic heterocycles. The Bertz CT molecular complexity index is 970. The molecule has 2 aliphatic rings. The average molecular weight is 353 g/mol. The van der Waals surface area contributed by atoms with Gasteiger partial charge in [-0.3, -0.25) is 25.1 Å². The number of hydrazine groups is 1. The van der Waals surface area contributed by atoms with Gasteiger partial charge in [0.25, 0.3) is 17.5 Å². The van der Waals surface area contributed by atoms with Gasteiger partial charge in [-0.25, -0.2) is 5.01 Å². The molecule has 4 rings (SSSR count). The number of rotatable bonds is 3. The molecular formula is C17H11N3O6. The summed E-state index contributed by atoms with van der Waals surface area (Å²) in [4.78, 5) is 35.5. The van der Waals surface area contributed by atoms with E-state index in [1.807, 2.05) is 0 Å². The minimum absolute atomic E-state index is 0.0479. The molecule has 9 nitrogen and oxygen atoms in total. The molecule has 0 bridgehead atoms. The Morgan fingerprint density at radius 2 is 1.81 bits per heavy atom. The Labute approximate surface area is 146 Å². The number of nitrogens with one attached hydrogen (secondary N) is 1. The first kappa shape index (κ1) is 15.6. The van der Waals surface area contributed by atoms with Gasteiger partial charge in [-0.15, -0.1) is 0 Å². The van der Waals surface area contributed by atoms with Crippen molar-refractivity contribution in [3.05, 3.63) is 63.7 Å². The summed E-state index contributed by atoms with van der Waals surface area (Å²) < 4.78 is 10.3. The molecular weight excluding hydrogens is 342 g/mol. The van der Waals surface area contributed by atoms with Gasteiger partial charge in [-0.05, 0) is 24.3 Å². The fraction of sp³-hybridized carbons (Fsp3) is 0.0588. The predicted octanol–water partition coefficient (Wildman–Crippen LogP) is 1.78. The monoisotopic (exact) mass is 353 g/mol. The molecule has 26 heavy (non-hydrogen) atoms. The number of ether oxygens (including phenoxy) is 2. The first-order chi connectivity index (χ1) is 12.5. The van der Waals surface area contributed by atoms with E-state index in [1.54, 1.807) is 30.3 Å². The van der Waals surface area contributed by atoms with Crippen molar-refractivity contribution in [1.82, 2.24) is 5.43 Å². The Morgan fingerprint density at radius 3 is 2.50 bits per heavy atom. The highest BCUT2D eigenvalue weighted by Gasteiger charge is 2.35. The van der Waals surface area contributed by atoms with Crippen molar-refractivity contribution in [2.75, 3.05) is 11.8 Å². The van der Waals surface area contributed by atoms with E-state index >= 15 is 0 Å². The zero-order valence-electron chi connectivity index (χ0n) is 13.2. The second-order valence-corrected chi connectivity index (χ2v) is 5.50. The molecule has 0 saturated carbocycles. The number of benzene rings is 2. The summed E-state index contributed by atoms with van der Waals surface area (Å²) in [5, 5.41) is 12.4. The lowest BCUT2D eigenvalue weighted by Crippen LogP contribution is -2.35. The van der Waals surface area contributed by atoms with Crippen LogP contribution in [0.15, 0.2) is 48.0 Å². The lowest BCUT2D eigenvalue weighted by atomic mass is 10.1. The molecule has 2 amide bonds. The molecule has 1 N–H and O–H groups in total. The molecule has 0 aliphatic carbocycles. The second-order valence-electron chi connectivity index (χ2n) is 5.50. The molecule has 130 valence electrons. The summed E-state index contributed by atoms with van der Waals surface area (Å²) in [7, 11) is 0. The third-order valence-electron chi connectivity index (χ3n) is 3.92. The highest BCUT2D eigenvalue weighted by Crippen LogP contribution is 2.39. The van der Waals surface area contributed by atoms with Gasteiger partial charge in [0, 0.05) is 0 Å². The summed E-state index contributed by atoms with van der Waals surface area (Å²) in [5.41, 5.74) is 2.50. The number of nitro groups is 1. The maximum Gasteiger partial charge on any atom is 0.282 e. The fourth-order valence-electron chi connectivity index (χ4n) is 2.69. The van der Waals surface area contributed by atoms with Crippen LogP contribution < -0.4 is 19.9 Å². The van der Waals surface area contributed by atoms with E-state index in [0.29, 0.717) is 11.4 Å². The Morgan fingerprint density at radius 1 is 1.12 bits per heavy atom. The van der Waals surface area contributed by atoms with Crippen molar-refractivity contribution in [3.8, 4) is 11.5 Å². The smallest absolute Gasteiger partial charge is 0.282 e. The number of fused-ring (bicyclic) bond motifs is 1. The summed E-state index contributed by atoms with van der Waals surface area (Å²) in [6.07, 6.45) is 1.18. The number of para-hydroxylation sites is 1. The number of anilines is 1. The zero-order chi connectivity index (χ0) is 18.3. The minimum Gasteiger partial charge on any atom is -0.454 e. The first-order valence-electron chi connectivity index (χ1n) is 7.55. The van der Waals surface area contributed by atoms with E-state index in [0.717, 1.165) is 5.01 Å². The van der Waals surface area contributed by atoms with E-state index in [9.17, 15) is 19.7 Å². The third-order valence-corrected chi connectivity index (χ3v) is 3.92. The number of hydrogen-bond acceptors (Lipinski definition) is 6. The van der Waals surface area contributed by atoms with Crippen LogP contribution in [0.3, 0.4) is 0 Å². The van der Waals surface area contributed by atoms with E-state index in [1.165, 1.54) is 18.2 Å². The lowest BCUT2D eigenvalue weighted by Gasteiger charge is -2.13. The molecule has 0 spiro atoms. The van der Waals surface area contributed by atoms with Gasteiger partial charge >= 0.3 is 0 Å². The maximum absolute atomic E-state index is 12.6. The highest BCUT2D eigenvalue weighted by atomic mass is 16.7. The Balaban J connectivity index is 1.76. The van der Waals surface area contributed by atoms with Crippen molar-refractivity contribution < 1.29 is 24.0 Å². The SMILES string of the molecule is O=C1NN(c2ccccc2)C(=O)C1=Cc1cc2c(cc1[N+](=O)[O-])OCO2. The van der Waals surface area contributed by atoms with E-state index in [-0.39, 0.29) is 29.4 Å². The van der Waals surface area contributed by atoms with Crippen LogP contribution in [0.5, 0.6) is 11.5 Å². The topological polar surface area (TPSA) is 111 Å². The normalized spacial score (nSPS) is 16.9. The van der Waals surface area contributed by atoms with Gasteiger partial charge in [0.15, 0.2) is 11.5 Å². The summed E-state index contributed by atoms with van der Waals surface area (Å²) in [5.74, 6) is -0.695. The summed E-state index contributed by atoms with van der Waals surface area (Å²) in [6.45, 7) is -0.0479. The molecule has 2 heterocycles. The van der Waals surface area contributed by atoms with Crippen molar-refractivity contribution in [2.24, 2.45) is 0 Å². The van der Waals surface area contributed by atoms with Crippen LogP contribution in [0.2, 0.25) is 0 Å². The van der Waals surface area contributed by atoms with Crippen LogP contribution >= 0.6 is 0 Å². The fourth-order valence-corrected chi connectivity index (χ4v) is 2.69. The number of carbonyl (C=O) groups is 2. The molecule has 1 fully saturated rings. The van der Waals surface area contributed by atoms with Crippen molar-refractivity contribution in [2.45, 2.75) is 0 Å². The standard InChI is InChI=1S/C17H11N3O6/c21-16-12(17(22)19(18-16)11-4-2-1-3-5-11)6-10-7-14-15(26-9-25-14)8-13(10)20(23)24/h1-8H,9H2,(H,18,21). The van der Waals surface area contributed by atoms with E-state index < -0.39 is 16.7 Å². The molecule has 0 radical (unpaired) electrons. The highest BCUT2D eigenvalue weighted by molar-refractivity contribution is 6.31. The molecule has 2 aromatic carbocycles. The van der Waals surface area contributed by atoms with Crippen molar-refractivity contribution >= 4 is 29.3 Å². The van der Waals surface area contributed by atoms with E-state index in [2.05, 4.69) is 5.43 Å². The minimum atomic E-state index is -0.647. The number of hydrogen-bond donors (Lipinski definition) is 1. The van der Waals surface area contributed by atoms with Gasteiger partial charge in [0.2, 0.25) is 6.79 Å². The molecule has 0 atom stereocenters. The van der Waals surface area contributed by atoms with Crippen LogP contribution in [-0.2, 0) is 9.59 Å². The first-order valence-corrected chi connectivity index (χ1v) is 7.55. The van der Waals surface area contributed by atoms with Crippen molar-refractivity contribution in [3.63, 3.8) is 0 Å². The van der Waals surface area contributed by atoms with Crippen LogP contribution in [0, 0.1) is 10.1 Å². The summed E-state index contributed by atoms with van der Waals surface area (Å²) >= 11 is 0. The Kier molecular flexibility index (Phi) is 3.54. The molecule has 2 aliphatic heterocycles. The summed E-state index contributed by atoms with van der Waals surface area (Å²) in [6, 6.07) is 11.1. The largest absolute Gasteiger partial charge is 0.454 e. The lowest BCUT2D eigenvalue weighted by molar-refractivity contribution is -0.385. The molecule has 1 saturated heterocycles. The zero-order valence-corrected chi connectivity index (χ0v) is 13.2. The van der Waals surface area contributed by atoms with Crippen LogP contribution in [0.25, 0.3) is 6.08 Å². The number of amides is 2. The van der Waals surface area contributed by atoms with Gasteiger partial charge in [-0.1, -0.05) is 18.2 Å². The maximum atomic E-state index is 12.6. The number of carbonyl (C=O) groups excluding carboxylic acids is 2. The van der Waals surface area contributed by atoms with Crippen LogP contribution in [0.1, 0.15) is 5.56 Å². The number of nitrogens with zero attached hydrogens (tertiary/aromatic N) is 2. The second kappa shape index (κ2) is 5.88. The van der Waals surface area contributed by atoms with Gasteiger partial charge in [0.1, 0.15) is 5.57 Å². The third kappa shape index (κ3) is 2.51. The van der Waals surface area contributed by atoms with E-state index in [4.69, 9.17) is 9.47 Å². The predicted molar refractivity (Wildman–Crippen MR) is 89.3 cm³/mol. The number of nitro benzene ring substituents is 1. The van der Waals surface area contributed by atoms with Crippen LogP contribution in [0.4, 0.5) is 11.4 Å². The Hall–Kier alpha value is -3.88. The van der Waals surface area contributed by atoms with Crippen molar-refractivity contribution in [1.29, 1.82) is 0 Å².